The number of benzene rings is 10. The topological polar surface area (TPSA) is 13.1 Å². The predicted octanol–water partition coefficient (Wildman–Crippen LogP) is 16.8. The van der Waals surface area contributed by atoms with Crippen LogP contribution in [0.1, 0.15) is 0 Å². The van der Waals surface area contributed by atoms with E-state index in [4.69, 9.17) is 4.42 Å². The van der Waals surface area contributed by atoms with E-state index in [1.165, 1.54) is 106 Å². The minimum Gasteiger partial charge on any atom is -0.456 e. The third-order valence-corrected chi connectivity index (χ3v) is 14.3. The van der Waals surface area contributed by atoms with Crippen LogP contribution in [0.2, 0.25) is 0 Å². The zero-order valence-corrected chi connectivity index (χ0v) is 32.2. The minimum absolute atomic E-state index is 0.915. The summed E-state index contributed by atoms with van der Waals surface area (Å²) in [6, 6.07) is 67.1. The number of thiophene rings is 2. The van der Waals surface area contributed by atoms with Gasteiger partial charge in [0.15, 0.2) is 0 Å². The molecule has 0 fully saturated rings. The fourth-order valence-electron chi connectivity index (χ4n) is 9.62. The van der Waals surface area contributed by atoms with Crippen LogP contribution in [0.25, 0.3) is 128 Å². The Balaban J connectivity index is 1.00. The number of hydrogen-bond acceptors (Lipinski definition) is 3. The summed E-state index contributed by atoms with van der Waals surface area (Å²) in [6.07, 6.45) is 0. The molecular weight excluding hydrogens is 729 g/mol. The maximum absolute atomic E-state index is 6.22. The van der Waals surface area contributed by atoms with Gasteiger partial charge in [-0.3, -0.25) is 0 Å². The van der Waals surface area contributed by atoms with Crippen molar-refractivity contribution in [1.29, 1.82) is 0 Å². The van der Waals surface area contributed by atoms with Crippen molar-refractivity contribution in [1.82, 2.24) is 0 Å². The standard InChI is InChI=1S/C54H30OS2/c1-2-13-36-34(11-1)42(30-49-52(36)54-48(57-49)28-27-47-53(54)41-18-8-10-20-46(41)56-47)31-21-23-32(24-22-31)50-37-14-3-5-16-39(37)51(40-17-6-4-15-38(40)50)33-25-26-45-43(29-33)35-12-7-9-19-44(35)55-45/h1-30H. The predicted molar refractivity (Wildman–Crippen MR) is 248 cm³/mol. The monoisotopic (exact) mass is 758 g/mol. The first-order valence-electron chi connectivity index (χ1n) is 19.4. The molecule has 0 aliphatic rings. The molecule has 13 rings (SSSR count). The minimum atomic E-state index is 0.915. The van der Waals surface area contributed by atoms with E-state index in [1.807, 2.05) is 34.8 Å². The molecule has 0 amide bonds. The molecule has 0 unspecified atom stereocenters. The lowest BCUT2D eigenvalue weighted by atomic mass is 9.85. The maximum atomic E-state index is 6.22. The maximum Gasteiger partial charge on any atom is 0.135 e. The Morgan fingerprint density at radius 3 is 1.49 bits per heavy atom. The summed E-state index contributed by atoms with van der Waals surface area (Å²) in [6.45, 7) is 0. The van der Waals surface area contributed by atoms with Crippen LogP contribution < -0.4 is 0 Å². The second-order valence-corrected chi connectivity index (χ2v) is 17.3. The van der Waals surface area contributed by atoms with Gasteiger partial charge in [-0.2, -0.15) is 0 Å². The molecule has 264 valence electrons. The summed E-state index contributed by atoms with van der Waals surface area (Å²) in [5.74, 6) is 0. The number of para-hydroxylation sites is 1. The molecule has 0 radical (unpaired) electrons. The molecule has 0 bridgehead atoms. The molecule has 0 spiro atoms. The lowest BCUT2D eigenvalue weighted by molar-refractivity contribution is 0.669. The summed E-state index contributed by atoms with van der Waals surface area (Å²) in [4.78, 5) is 0. The molecule has 0 atom stereocenters. The Morgan fingerprint density at radius 2 is 0.772 bits per heavy atom. The van der Waals surface area contributed by atoms with Crippen LogP contribution in [-0.2, 0) is 0 Å². The summed E-state index contributed by atoms with van der Waals surface area (Å²) < 4.78 is 11.6. The molecule has 3 aromatic heterocycles. The van der Waals surface area contributed by atoms with E-state index in [1.54, 1.807) is 0 Å². The number of furan rings is 1. The highest BCUT2D eigenvalue weighted by Gasteiger charge is 2.20. The number of hydrogen-bond donors (Lipinski definition) is 0. The van der Waals surface area contributed by atoms with Gasteiger partial charge in [-0.25, -0.2) is 0 Å². The van der Waals surface area contributed by atoms with Crippen molar-refractivity contribution in [3.05, 3.63) is 182 Å². The number of rotatable bonds is 3. The van der Waals surface area contributed by atoms with Crippen molar-refractivity contribution in [2.24, 2.45) is 0 Å². The van der Waals surface area contributed by atoms with Gasteiger partial charge in [0.25, 0.3) is 0 Å². The van der Waals surface area contributed by atoms with Crippen molar-refractivity contribution < 1.29 is 4.42 Å². The molecule has 0 saturated carbocycles. The van der Waals surface area contributed by atoms with Crippen LogP contribution in [0.5, 0.6) is 0 Å². The van der Waals surface area contributed by atoms with Gasteiger partial charge < -0.3 is 4.42 Å². The molecule has 0 aliphatic heterocycles. The smallest absolute Gasteiger partial charge is 0.135 e. The highest BCUT2D eigenvalue weighted by Crippen LogP contribution is 2.49. The van der Waals surface area contributed by atoms with Gasteiger partial charge in [0, 0.05) is 51.1 Å². The second-order valence-electron chi connectivity index (χ2n) is 15.1. The molecular formula is C54H30OS2. The largest absolute Gasteiger partial charge is 0.456 e. The lowest BCUT2D eigenvalue weighted by Gasteiger charge is -2.18. The second kappa shape index (κ2) is 11.9. The fraction of sp³-hybridized carbons (Fsp3) is 0. The number of fused-ring (bicyclic) bond motifs is 14. The SMILES string of the molecule is c1ccc2c(c1)oc1ccc(-c3c4ccccc4c(-c4ccc(-c5cc6sc7ccc8sc9ccccc9c8c7c6c6ccccc56)cc4)c4ccccc34)cc12. The third-order valence-electron chi connectivity index (χ3n) is 12.1. The summed E-state index contributed by atoms with van der Waals surface area (Å²) in [5, 5.41) is 15.4. The molecule has 57 heavy (non-hydrogen) atoms. The van der Waals surface area contributed by atoms with Crippen LogP contribution in [-0.4, -0.2) is 0 Å². The Morgan fingerprint density at radius 1 is 0.281 bits per heavy atom. The van der Waals surface area contributed by atoms with Crippen LogP contribution in [0, 0.1) is 0 Å². The Hall–Kier alpha value is -6.78. The fourth-order valence-corrected chi connectivity index (χ4v) is 11.9. The van der Waals surface area contributed by atoms with Crippen molar-refractivity contribution >= 4 is 117 Å². The van der Waals surface area contributed by atoms with Gasteiger partial charge >= 0.3 is 0 Å². The van der Waals surface area contributed by atoms with Crippen LogP contribution >= 0.6 is 22.7 Å². The van der Waals surface area contributed by atoms with Gasteiger partial charge in [-0.05, 0) is 108 Å². The van der Waals surface area contributed by atoms with Gasteiger partial charge in [0.05, 0.1) is 0 Å². The van der Waals surface area contributed by atoms with Crippen LogP contribution in [0.4, 0.5) is 0 Å². The van der Waals surface area contributed by atoms with Crippen molar-refractivity contribution in [2.75, 3.05) is 0 Å². The first kappa shape index (κ1) is 31.4. The normalized spacial score (nSPS) is 12.2. The van der Waals surface area contributed by atoms with E-state index >= 15 is 0 Å². The van der Waals surface area contributed by atoms with E-state index < -0.39 is 0 Å². The summed E-state index contributed by atoms with van der Waals surface area (Å²) in [5.41, 5.74) is 9.27. The highest BCUT2D eigenvalue weighted by atomic mass is 32.1. The third kappa shape index (κ3) is 4.50. The van der Waals surface area contributed by atoms with Crippen molar-refractivity contribution in [2.45, 2.75) is 0 Å². The van der Waals surface area contributed by atoms with E-state index in [9.17, 15) is 0 Å². The zero-order valence-electron chi connectivity index (χ0n) is 30.5. The quantitative estimate of drug-likeness (QED) is 0.164. The lowest BCUT2D eigenvalue weighted by Crippen LogP contribution is -1.91. The van der Waals surface area contributed by atoms with Crippen molar-refractivity contribution in [3.8, 4) is 33.4 Å². The van der Waals surface area contributed by atoms with E-state index in [-0.39, 0.29) is 0 Å². The molecule has 1 nitrogen and oxygen atoms in total. The highest BCUT2D eigenvalue weighted by molar-refractivity contribution is 7.28. The molecule has 0 aliphatic carbocycles. The van der Waals surface area contributed by atoms with Gasteiger partial charge in [-0.1, -0.05) is 140 Å². The van der Waals surface area contributed by atoms with E-state index in [0.717, 1.165) is 21.9 Å². The zero-order chi connectivity index (χ0) is 37.2. The Bertz CT molecular complexity index is 3750. The first-order valence-corrected chi connectivity index (χ1v) is 21.0. The van der Waals surface area contributed by atoms with E-state index in [0.29, 0.717) is 0 Å². The van der Waals surface area contributed by atoms with Crippen molar-refractivity contribution in [3.63, 3.8) is 0 Å². The molecule has 10 aromatic carbocycles. The Labute approximate surface area is 335 Å². The Kier molecular flexibility index (Phi) is 6.54. The van der Waals surface area contributed by atoms with Gasteiger partial charge in [-0.15, -0.1) is 22.7 Å². The van der Waals surface area contributed by atoms with Crippen LogP contribution in [0.15, 0.2) is 186 Å². The van der Waals surface area contributed by atoms with Gasteiger partial charge in [0.2, 0.25) is 0 Å². The average Bonchev–Trinajstić information content (AvgIpc) is 3.96. The summed E-state index contributed by atoms with van der Waals surface area (Å²) >= 11 is 3.81. The molecule has 13 aromatic rings. The molecule has 3 heterocycles. The van der Waals surface area contributed by atoms with Crippen LogP contribution in [0.3, 0.4) is 0 Å². The van der Waals surface area contributed by atoms with Gasteiger partial charge in [0.1, 0.15) is 11.2 Å². The molecule has 3 heteroatoms. The first-order chi connectivity index (χ1) is 28.3. The average molecular weight is 759 g/mol. The van der Waals surface area contributed by atoms with E-state index in [2.05, 4.69) is 170 Å². The molecule has 0 N–H and O–H groups in total. The summed E-state index contributed by atoms with van der Waals surface area (Å²) in [7, 11) is 0. The molecule has 0 saturated heterocycles.